The summed E-state index contributed by atoms with van der Waals surface area (Å²) in [7, 11) is 0. The fourth-order valence-corrected chi connectivity index (χ4v) is 5.55. The molecule has 0 aromatic rings. The highest BCUT2D eigenvalue weighted by Crippen LogP contribution is 2.40. The van der Waals surface area contributed by atoms with Gasteiger partial charge in [-0.3, -0.25) is 9.59 Å². The number of hydrogen-bond acceptors (Lipinski definition) is 3. The van der Waals surface area contributed by atoms with E-state index in [0.717, 1.165) is 46.4 Å². The van der Waals surface area contributed by atoms with E-state index in [1.807, 2.05) is 65.0 Å². The van der Waals surface area contributed by atoms with Crippen molar-refractivity contribution in [2.75, 3.05) is 0 Å². The van der Waals surface area contributed by atoms with Crippen LogP contribution in [0.2, 0.25) is 0 Å². The van der Waals surface area contributed by atoms with Gasteiger partial charge in [0, 0.05) is 6.42 Å². The van der Waals surface area contributed by atoms with Gasteiger partial charge in [0.15, 0.2) is 11.6 Å². The predicted molar refractivity (Wildman–Crippen MR) is 184 cm³/mol. The third kappa shape index (κ3) is 11.2. The lowest BCUT2D eigenvalue weighted by Crippen LogP contribution is -2.35. The summed E-state index contributed by atoms with van der Waals surface area (Å²) in [4.78, 5) is 24.4. The molecule has 0 unspecified atom stereocenters. The molecule has 0 aliphatic heterocycles. The average Bonchev–Trinajstić information content (AvgIpc) is 2.94. The first-order valence-electron chi connectivity index (χ1n) is 15.6. The fraction of sp³-hybridized carbons (Fsp3) is 0.400. The van der Waals surface area contributed by atoms with Gasteiger partial charge in [0.05, 0.1) is 5.57 Å². The third-order valence-corrected chi connectivity index (χ3v) is 8.49. The monoisotopic (exact) mass is 634 g/mol. The Morgan fingerprint density at radius 3 is 1.76 bits per heavy atom. The number of ketones is 2. The van der Waals surface area contributed by atoms with Crippen molar-refractivity contribution in [3.8, 4) is 0 Å². The number of carbonyl (C=O) groups is 2. The Hall–Kier alpha value is -3.77. The third-order valence-electron chi connectivity index (χ3n) is 8.49. The van der Waals surface area contributed by atoms with Crippen LogP contribution in [0.5, 0.6) is 0 Å². The molecule has 3 nitrogen and oxygen atoms in total. The summed E-state index contributed by atoms with van der Waals surface area (Å²) < 4.78 is 40.9. The molecule has 0 amide bonds. The molecule has 0 bridgehead atoms. The summed E-state index contributed by atoms with van der Waals surface area (Å²) in [5, 5.41) is 10.00. The van der Waals surface area contributed by atoms with Crippen LogP contribution in [0.25, 0.3) is 0 Å². The Kier molecular flexibility index (Phi) is 13.5. The van der Waals surface area contributed by atoms with Crippen LogP contribution in [-0.2, 0) is 9.59 Å². The molecular formula is C40H49F3O3. The Morgan fingerprint density at radius 1 is 0.717 bits per heavy atom. The summed E-state index contributed by atoms with van der Waals surface area (Å²) in [6.45, 7) is 17.4. The number of aliphatic hydroxyl groups is 1. The van der Waals surface area contributed by atoms with E-state index in [0.29, 0.717) is 24.0 Å². The standard InChI is InChI=1S/C40H49F3O3/c1-27(15-12-16-28(2)20-22-33-30(4)35(44)24-25-38(33,6)7)14-10-11-18-32(40(41,42)43)19-13-17-29(3)21-23-34-31(5)37(46)36(45)26-39(34,8)9/h10-23,36,45H,24-26H2,1-9H3/b11-10+,15-12+,19-13+,22-20+,23-21+,27-14+,28-16+,29-17+,32-18-/t36-/m0/s1. The SMILES string of the molecule is CC1=C(/C=C/C(C)=C/C=C/C(C)=C/C=C/C=C(/C=C/C=C(C)/C=C/C2=C(C)C(=O)[C@@H](O)CC2(C)C)C(F)(F)F)C(C)(C)CCC1=O. The maximum absolute atomic E-state index is 13.6. The van der Waals surface area contributed by atoms with E-state index in [4.69, 9.17) is 0 Å². The van der Waals surface area contributed by atoms with Gasteiger partial charge in [0.2, 0.25) is 0 Å². The van der Waals surface area contributed by atoms with Crippen molar-refractivity contribution >= 4 is 11.6 Å². The normalized spacial score (nSPS) is 22.8. The van der Waals surface area contributed by atoms with Crippen molar-refractivity contribution < 1.29 is 27.9 Å². The molecule has 2 rings (SSSR count). The zero-order valence-electron chi connectivity index (χ0n) is 28.7. The van der Waals surface area contributed by atoms with Crippen LogP contribution in [0, 0.1) is 10.8 Å². The molecule has 2 aliphatic carbocycles. The number of hydrogen-bond donors (Lipinski definition) is 1. The van der Waals surface area contributed by atoms with E-state index < -0.39 is 23.3 Å². The molecule has 0 spiro atoms. The second-order valence-corrected chi connectivity index (χ2v) is 13.5. The molecule has 0 radical (unpaired) electrons. The van der Waals surface area contributed by atoms with Crippen LogP contribution in [0.15, 0.2) is 130 Å². The summed E-state index contributed by atoms with van der Waals surface area (Å²) in [5.41, 5.74) is 4.58. The number of allylic oxidation sites excluding steroid dienone is 21. The van der Waals surface area contributed by atoms with Crippen LogP contribution < -0.4 is 0 Å². The first kappa shape index (κ1) is 38.4. The number of Topliss-reactive ketones (excluding diaryl/α,β-unsaturated/α-hetero) is 2. The van der Waals surface area contributed by atoms with E-state index in [2.05, 4.69) is 13.8 Å². The Balaban J connectivity index is 2.09. The molecule has 46 heavy (non-hydrogen) atoms. The second-order valence-electron chi connectivity index (χ2n) is 13.5. The van der Waals surface area contributed by atoms with Gasteiger partial charge in [-0.15, -0.1) is 0 Å². The number of rotatable bonds is 10. The first-order valence-corrected chi connectivity index (χ1v) is 15.6. The number of aliphatic hydroxyl groups excluding tert-OH is 1. The Bertz CT molecular complexity index is 1520. The molecule has 0 saturated carbocycles. The van der Waals surface area contributed by atoms with Crippen molar-refractivity contribution in [2.24, 2.45) is 10.8 Å². The van der Waals surface area contributed by atoms with Gasteiger partial charge < -0.3 is 5.11 Å². The van der Waals surface area contributed by atoms with Crippen molar-refractivity contribution in [1.29, 1.82) is 0 Å². The molecular weight excluding hydrogens is 585 g/mol. The predicted octanol–water partition coefficient (Wildman–Crippen LogP) is 10.5. The molecule has 0 aromatic carbocycles. The van der Waals surface area contributed by atoms with E-state index in [1.165, 1.54) is 12.2 Å². The highest BCUT2D eigenvalue weighted by Gasteiger charge is 2.36. The first-order chi connectivity index (χ1) is 21.3. The van der Waals surface area contributed by atoms with Crippen molar-refractivity contribution in [3.05, 3.63) is 130 Å². The van der Waals surface area contributed by atoms with Gasteiger partial charge >= 0.3 is 6.18 Å². The minimum Gasteiger partial charge on any atom is -0.385 e. The molecule has 2 aliphatic rings. The van der Waals surface area contributed by atoms with Gasteiger partial charge in [-0.2, -0.15) is 13.2 Å². The van der Waals surface area contributed by atoms with E-state index in [9.17, 15) is 27.9 Å². The van der Waals surface area contributed by atoms with Gasteiger partial charge in [0.1, 0.15) is 6.10 Å². The minimum atomic E-state index is -4.52. The topological polar surface area (TPSA) is 54.4 Å². The molecule has 6 heteroatoms. The molecule has 0 fully saturated rings. The minimum absolute atomic E-state index is 0.0427. The van der Waals surface area contributed by atoms with Crippen LogP contribution in [0.1, 0.15) is 81.6 Å². The molecule has 0 saturated heterocycles. The molecule has 0 heterocycles. The largest absolute Gasteiger partial charge is 0.416 e. The second kappa shape index (κ2) is 16.2. The lowest BCUT2D eigenvalue weighted by Gasteiger charge is -2.34. The van der Waals surface area contributed by atoms with Crippen LogP contribution >= 0.6 is 0 Å². The van der Waals surface area contributed by atoms with E-state index >= 15 is 0 Å². The van der Waals surface area contributed by atoms with Crippen LogP contribution in [0.4, 0.5) is 13.2 Å². The van der Waals surface area contributed by atoms with Crippen molar-refractivity contribution in [3.63, 3.8) is 0 Å². The molecule has 0 aromatic heterocycles. The fourth-order valence-electron chi connectivity index (χ4n) is 5.55. The summed E-state index contributed by atoms with van der Waals surface area (Å²) in [5.74, 6) is -0.0923. The van der Waals surface area contributed by atoms with E-state index in [-0.39, 0.29) is 17.0 Å². The summed E-state index contributed by atoms with van der Waals surface area (Å²) >= 11 is 0. The van der Waals surface area contributed by atoms with Crippen LogP contribution in [-0.4, -0.2) is 29.0 Å². The number of alkyl halides is 3. The van der Waals surface area contributed by atoms with Gasteiger partial charge in [-0.05, 0) is 80.6 Å². The maximum Gasteiger partial charge on any atom is 0.416 e. The zero-order chi connectivity index (χ0) is 34.9. The lowest BCUT2D eigenvalue weighted by molar-refractivity contribution is -0.125. The smallest absolute Gasteiger partial charge is 0.385 e. The average molecular weight is 635 g/mol. The van der Waals surface area contributed by atoms with Crippen LogP contribution in [0.3, 0.4) is 0 Å². The lowest BCUT2D eigenvalue weighted by atomic mass is 9.71. The van der Waals surface area contributed by atoms with Gasteiger partial charge in [0.25, 0.3) is 0 Å². The highest BCUT2D eigenvalue weighted by atomic mass is 19.4. The van der Waals surface area contributed by atoms with Gasteiger partial charge in [-0.25, -0.2) is 0 Å². The Labute approximate surface area is 273 Å². The zero-order valence-corrected chi connectivity index (χ0v) is 28.7. The molecule has 248 valence electrons. The van der Waals surface area contributed by atoms with Crippen molar-refractivity contribution in [2.45, 2.75) is 93.9 Å². The van der Waals surface area contributed by atoms with E-state index in [1.54, 1.807) is 44.2 Å². The Morgan fingerprint density at radius 2 is 1.20 bits per heavy atom. The number of carbonyl (C=O) groups excluding carboxylic acids is 2. The number of halogens is 3. The van der Waals surface area contributed by atoms with Gasteiger partial charge in [-0.1, -0.05) is 129 Å². The quantitative estimate of drug-likeness (QED) is 0.243. The summed E-state index contributed by atoms with van der Waals surface area (Å²) in [6.07, 6.45) is 19.2. The summed E-state index contributed by atoms with van der Waals surface area (Å²) in [6, 6.07) is 0. The molecule has 1 N–H and O–H groups in total. The maximum atomic E-state index is 13.6. The molecule has 1 atom stereocenters. The highest BCUT2D eigenvalue weighted by molar-refractivity contribution is 6.00. The van der Waals surface area contributed by atoms with Crippen molar-refractivity contribution in [1.82, 2.24) is 0 Å².